The van der Waals surface area contributed by atoms with E-state index in [1.54, 1.807) is 14.2 Å². The predicted molar refractivity (Wildman–Crippen MR) is 123 cm³/mol. The molecular weight excluding hydrogens is 481 g/mol. The van der Waals surface area contributed by atoms with E-state index in [0.29, 0.717) is 29.7 Å². The Morgan fingerprint density at radius 2 is 1.89 bits per heavy atom. The highest BCUT2D eigenvalue weighted by Gasteiger charge is 2.11. The molecule has 0 aliphatic carbocycles. The van der Waals surface area contributed by atoms with Crippen molar-refractivity contribution in [3.8, 4) is 11.5 Å². The van der Waals surface area contributed by atoms with Gasteiger partial charge in [0.25, 0.3) is 0 Å². The molecule has 2 N–H and O–H groups in total. The molecule has 8 heteroatoms. The first-order valence-electron chi connectivity index (χ1n) is 9.17. The van der Waals surface area contributed by atoms with Gasteiger partial charge < -0.3 is 24.8 Å². The number of unbranched alkanes of at least 4 members (excludes halogenated alkanes) is 1. The van der Waals surface area contributed by atoms with Crippen molar-refractivity contribution < 1.29 is 14.2 Å². The summed E-state index contributed by atoms with van der Waals surface area (Å²) in [5.41, 5.74) is 0.987. The minimum atomic E-state index is 0. The fraction of sp³-hybridized carbons (Fsp3) is 0.632. The van der Waals surface area contributed by atoms with Crippen LogP contribution in [0.4, 0.5) is 0 Å². The van der Waals surface area contributed by atoms with Gasteiger partial charge in [-0.25, -0.2) is 0 Å². The van der Waals surface area contributed by atoms with Gasteiger partial charge in [0.05, 0.1) is 18.7 Å². The second kappa shape index (κ2) is 16.1. The average molecular weight is 514 g/mol. The number of methoxy groups -OCH3 is 1. The molecular formula is C19H33ClIN3O3. The lowest BCUT2D eigenvalue weighted by Crippen LogP contribution is -2.37. The molecule has 1 rings (SSSR count). The van der Waals surface area contributed by atoms with Gasteiger partial charge in [0.2, 0.25) is 0 Å². The first-order chi connectivity index (χ1) is 12.7. The van der Waals surface area contributed by atoms with Crippen molar-refractivity contribution in [3.05, 3.63) is 22.7 Å². The summed E-state index contributed by atoms with van der Waals surface area (Å²) in [5, 5.41) is 7.08. The first-order valence-corrected chi connectivity index (χ1v) is 9.55. The van der Waals surface area contributed by atoms with E-state index in [0.717, 1.165) is 50.5 Å². The van der Waals surface area contributed by atoms with Gasteiger partial charge in [-0.1, -0.05) is 24.9 Å². The second-order valence-corrected chi connectivity index (χ2v) is 6.12. The van der Waals surface area contributed by atoms with Gasteiger partial charge in [0.15, 0.2) is 17.5 Å². The lowest BCUT2D eigenvalue weighted by molar-refractivity contribution is 0.129. The van der Waals surface area contributed by atoms with Crippen LogP contribution in [0.25, 0.3) is 0 Å². The summed E-state index contributed by atoms with van der Waals surface area (Å²) in [5.74, 6) is 1.94. The summed E-state index contributed by atoms with van der Waals surface area (Å²) < 4.78 is 16.5. The third-order valence-electron chi connectivity index (χ3n) is 3.66. The molecule has 156 valence electrons. The number of rotatable bonds is 12. The topological polar surface area (TPSA) is 64.1 Å². The third kappa shape index (κ3) is 10.3. The van der Waals surface area contributed by atoms with Crippen LogP contribution < -0.4 is 20.1 Å². The van der Waals surface area contributed by atoms with E-state index >= 15 is 0 Å². The van der Waals surface area contributed by atoms with Gasteiger partial charge >= 0.3 is 0 Å². The molecule has 0 saturated heterocycles. The van der Waals surface area contributed by atoms with E-state index in [1.807, 2.05) is 19.1 Å². The summed E-state index contributed by atoms with van der Waals surface area (Å²) in [6.45, 7) is 7.59. The molecule has 0 aromatic heterocycles. The Bertz CT molecular complexity index is 559. The monoisotopic (exact) mass is 513 g/mol. The second-order valence-electron chi connectivity index (χ2n) is 5.71. The van der Waals surface area contributed by atoms with Crippen molar-refractivity contribution in [1.82, 2.24) is 10.6 Å². The lowest BCUT2D eigenvalue weighted by atomic mass is 10.2. The van der Waals surface area contributed by atoms with Crippen LogP contribution >= 0.6 is 35.6 Å². The van der Waals surface area contributed by atoms with E-state index in [9.17, 15) is 0 Å². The molecule has 0 saturated carbocycles. The summed E-state index contributed by atoms with van der Waals surface area (Å²) in [6, 6.07) is 3.79. The average Bonchev–Trinajstić information content (AvgIpc) is 2.65. The lowest BCUT2D eigenvalue weighted by Gasteiger charge is -2.15. The van der Waals surface area contributed by atoms with Gasteiger partial charge in [-0.05, 0) is 37.5 Å². The number of hydrogen-bond acceptors (Lipinski definition) is 4. The van der Waals surface area contributed by atoms with Crippen LogP contribution in [-0.4, -0.2) is 46.5 Å². The molecule has 0 aliphatic heterocycles. The maximum absolute atomic E-state index is 6.30. The zero-order chi connectivity index (χ0) is 19.2. The quantitative estimate of drug-likeness (QED) is 0.189. The Morgan fingerprint density at radius 3 is 2.52 bits per heavy atom. The number of aliphatic imine (C=N–C) groups is 1. The minimum absolute atomic E-state index is 0. The van der Waals surface area contributed by atoms with Gasteiger partial charge in [-0.2, -0.15) is 0 Å². The van der Waals surface area contributed by atoms with Crippen molar-refractivity contribution in [2.45, 2.75) is 39.7 Å². The van der Waals surface area contributed by atoms with Gasteiger partial charge in [-0.3, -0.25) is 4.99 Å². The molecule has 1 aromatic rings. The molecule has 27 heavy (non-hydrogen) atoms. The molecule has 0 fully saturated rings. The van der Waals surface area contributed by atoms with Crippen LogP contribution in [0, 0.1) is 0 Å². The van der Waals surface area contributed by atoms with Crippen molar-refractivity contribution in [1.29, 1.82) is 0 Å². The summed E-state index contributed by atoms with van der Waals surface area (Å²) in [7, 11) is 3.35. The molecule has 0 aliphatic rings. The minimum Gasteiger partial charge on any atom is -0.493 e. The SMILES string of the molecule is CCCCOCCCNC(=NC)NCc1cc(Cl)c(OCC)c(OC)c1.I. The van der Waals surface area contributed by atoms with Crippen molar-refractivity contribution in [2.75, 3.05) is 40.5 Å². The van der Waals surface area contributed by atoms with Crippen LogP contribution in [0.2, 0.25) is 5.02 Å². The number of nitrogens with zero attached hydrogens (tertiary/aromatic N) is 1. The molecule has 1 aromatic carbocycles. The Labute approximate surface area is 185 Å². The fourth-order valence-corrected chi connectivity index (χ4v) is 2.58. The molecule has 0 unspecified atom stereocenters. The zero-order valence-corrected chi connectivity index (χ0v) is 19.9. The fourth-order valence-electron chi connectivity index (χ4n) is 2.30. The zero-order valence-electron chi connectivity index (χ0n) is 16.8. The van der Waals surface area contributed by atoms with Gasteiger partial charge in [0, 0.05) is 33.4 Å². The molecule has 0 radical (unpaired) electrons. The number of guanidine groups is 1. The Morgan fingerprint density at radius 1 is 1.15 bits per heavy atom. The van der Waals surface area contributed by atoms with Gasteiger partial charge in [-0.15, -0.1) is 24.0 Å². The van der Waals surface area contributed by atoms with E-state index in [1.165, 1.54) is 0 Å². The number of nitrogens with one attached hydrogen (secondary N) is 2. The first kappa shape index (κ1) is 26.1. The van der Waals surface area contributed by atoms with Crippen LogP contribution in [0.3, 0.4) is 0 Å². The van der Waals surface area contributed by atoms with E-state index in [4.69, 9.17) is 25.8 Å². The number of halogens is 2. The summed E-state index contributed by atoms with van der Waals surface area (Å²) >= 11 is 6.30. The normalized spacial score (nSPS) is 10.9. The number of ether oxygens (including phenoxy) is 3. The molecule has 0 atom stereocenters. The van der Waals surface area contributed by atoms with E-state index in [2.05, 4.69) is 22.5 Å². The predicted octanol–water partition coefficient (Wildman–Crippen LogP) is 4.24. The van der Waals surface area contributed by atoms with Crippen molar-refractivity contribution in [3.63, 3.8) is 0 Å². The number of hydrogen-bond donors (Lipinski definition) is 2. The maximum atomic E-state index is 6.30. The highest BCUT2D eigenvalue weighted by atomic mass is 127. The molecule has 6 nitrogen and oxygen atoms in total. The Balaban J connectivity index is 0.00000676. The van der Waals surface area contributed by atoms with Gasteiger partial charge in [0.1, 0.15) is 0 Å². The Kier molecular flexibility index (Phi) is 15.5. The largest absolute Gasteiger partial charge is 0.493 e. The highest BCUT2D eigenvalue weighted by Crippen LogP contribution is 2.36. The Hall–Kier alpha value is -0.930. The molecule has 0 heterocycles. The smallest absolute Gasteiger partial charge is 0.191 e. The van der Waals surface area contributed by atoms with Crippen LogP contribution in [0.15, 0.2) is 17.1 Å². The van der Waals surface area contributed by atoms with E-state index in [-0.39, 0.29) is 24.0 Å². The van der Waals surface area contributed by atoms with Crippen LogP contribution in [-0.2, 0) is 11.3 Å². The van der Waals surface area contributed by atoms with Crippen LogP contribution in [0.5, 0.6) is 11.5 Å². The summed E-state index contributed by atoms with van der Waals surface area (Å²) in [6.07, 6.45) is 3.22. The van der Waals surface area contributed by atoms with Crippen molar-refractivity contribution >= 4 is 41.5 Å². The van der Waals surface area contributed by atoms with E-state index < -0.39 is 0 Å². The molecule has 0 amide bonds. The standard InChI is InChI=1S/C19H32ClN3O3.HI/c1-5-7-10-25-11-8-9-22-19(21-3)23-14-15-12-16(20)18(26-6-2)17(13-15)24-4;/h12-13H,5-11,14H2,1-4H3,(H2,21,22,23);1H. The highest BCUT2D eigenvalue weighted by molar-refractivity contribution is 14.0. The van der Waals surface area contributed by atoms with Crippen molar-refractivity contribution in [2.24, 2.45) is 4.99 Å². The van der Waals surface area contributed by atoms with Crippen LogP contribution in [0.1, 0.15) is 38.7 Å². The maximum Gasteiger partial charge on any atom is 0.191 e. The number of benzene rings is 1. The third-order valence-corrected chi connectivity index (χ3v) is 3.94. The summed E-state index contributed by atoms with van der Waals surface area (Å²) in [4.78, 5) is 4.23. The molecule has 0 spiro atoms. The molecule has 0 bridgehead atoms.